The molecular formula is C26H24F2N8OS. The fourth-order valence-corrected chi connectivity index (χ4v) is 5.44. The predicted molar refractivity (Wildman–Crippen MR) is 141 cm³/mol. The Labute approximate surface area is 221 Å². The number of thiophene rings is 1. The number of carbonyl (C=O) groups excluding carboxylic acids is 1. The average molecular weight is 535 g/mol. The first-order valence-corrected chi connectivity index (χ1v) is 12.9. The van der Waals surface area contributed by atoms with Crippen molar-refractivity contribution in [2.24, 2.45) is 0 Å². The summed E-state index contributed by atoms with van der Waals surface area (Å²) >= 11 is 1.36. The van der Waals surface area contributed by atoms with Crippen LogP contribution in [0.1, 0.15) is 12.0 Å². The molecule has 0 saturated carbocycles. The van der Waals surface area contributed by atoms with E-state index in [-0.39, 0.29) is 17.7 Å². The second kappa shape index (κ2) is 11.5. The van der Waals surface area contributed by atoms with Crippen molar-refractivity contribution >= 4 is 33.4 Å². The summed E-state index contributed by atoms with van der Waals surface area (Å²) in [5.41, 5.74) is 2.43. The summed E-state index contributed by atoms with van der Waals surface area (Å²) in [6, 6.07) is 10.9. The van der Waals surface area contributed by atoms with Crippen LogP contribution < -0.4 is 16.0 Å². The molecule has 1 aliphatic heterocycles. The van der Waals surface area contributed by atoms with E-state index in [1.807, 2.05) is 24.3 Å². The van der Waals surface area contributed by atoms with Crippen LogP contribution in [0.15, 0.2) is 42.7 Å². The molecular weight excluding hydrogens is 510 g/mol. The van der Waals surface area contributed by atoms with Crippen LogP contribution in [-0.4, -0.2) is 58.6 Å². The van der Waals surface area contributed by atoms with Crippen molar-refractivity contribution < 1.29 is 13.6 Å². The molecule has 0 radical (unpaired) electrons. The normalized spacial score (nSPS) is 13.1. The van der Waals surface area contributed by atoms with Gasteiger partial charge in [0.2, 0.25) is 11.9 Å². The Morgan fingerprint density at radius 2 is 2.05 bits per heavy atom. The lowest BCUT2D eigenvalue weighted by molar-refractivity contribution is 0.219. The number of nitriles is 1. The Kier molecular flexibility index (Phi) is 7.67. The predicted octanol–water partition coefficient (Wildman–Crippen LogP) is 4.14. The molecule has 0 aliphatic carbocycles. The first-order valence-electron chi connectivity index (χ1n) is 12.1. The summed E-state index contributed by atoms with van der Waals surface area (Å²) in [6.45, 7) is 3.09. The number of amides is 2. The zero-order valence-corrected chi connectivity index (χ0v) is 21.1. The van der Waals surface area contributed by atoms with Crippen molar-refractivity contribution in [1.82, 2.24) is 30.5 Å². The Morgan fingerprint density at radius 1 is 1.16 bits per heavy atom. The van der Waals surface area contributed by atoms with E-state index >= 15 is 0 Å². The van der Waals surface area contributed by atoms with Gasteiger partial charge in [-0.15, -0.1) is 11.3 Å². The largest absolute Gasteiger partial charge is 0.352 e. The number of benzene rings is 1. The van der Waals surface area contributed by atoms with E-state index in [0.29, 0.717) is 56.1 Å². The molecule has 2 amide bonds. The highest BCUT2D eigenvalue weighted by molar-refractivity contribution is 7.22. The molecule has 0 spiro atoms. The minimum absolute atomic E-state index is 0.108. The smallest absolute Gasteiger partial charge is 0.317 e. The Balaban J connectivity index is 1.42. The van der Waals surface area contributed by atoms with E-state index in [1.54, 1.807) is 4.90 Å². The molecule has 1 saturated heterocycles. The quantitative estimate of drug-likeness (QED) is 0.207. The number of hydrogen-bond donors (Lipinski definition) is 3. The lowest BCUT2D eigenvalue weighted by Gasteiger charge is -2.14. The SMILES string of the molecule is N#CCCNCc1cnc(F)cc1-c1cccc2cc(-c3nc(NCCN4CCNC4=O)ncc3F)sc12. The number of fused-ring (bicyclic) bond motifs is 1. The van der Waals surface area contributed by atoms with Gasteiger partial charge in [0.1, 0.15) is 5.69 Å². The second-order valence-electron chi connectivity index (χ2n) is 8.62. The third kappa shape index (κ3) is 5.53. The minimum Gasteiger partial charge on any atom is -0.352 e. The van der Waals surface area contributed by atoms with Crippen LogP contribution in [0.4, 0.5) is 19.5 Å². The van der Waals surface area contributed by atoms with Gasteiger partial charge in [0.15, 0.2) is 5.82 Å². The Bertz CT molecular complexity index is 1520. The van der Waals surface area contributed by atoms with E-state index < -0.39 is 11.8 Å². The number of nitrogens with one attached hydrogen (secondary N) is 3. The van der Waals surface area contributed by atoms with E-state index in [1.165, 1.54) is 23.6 Å². The molecule has 0 atom stereocenters. The van der Waals surface area contributed by atoms with Crippen LogP contribution in [0.5, 0.6) is 0 Å². The number of rotatable bonds is 10. The molecule has 38 heavy (non-hydrogen) atoms. The summed E-state index contributed by atoms with van der Waals surface area (Å²) in [4.78, 5) is 26.2. The summed E-state index contributed by atoms with van der Waals surface area (Å²) in [5, 5.41) is 18.6. The van der Waals surface area contributed by atoms with E-state index in [9.17, 15) is 13.6 Å². The van der Waals surface area contributed by atoms with E-state index in [2.05, 4.69) is 37.0 Å². The molecule has 5 rings (SSSR count). The molecule has 9 nitrogen and oxygen atoms in total. The molecule has 0 bridgehead atoms. The fourth-order valence-electron chi connectivity index (χ4n) is 4.26. The number of pyridine rings is 1. The second-order valence-corrected chi connectivity index (χ2v) is 9.67. The highest BCUT2D eigenvalue weighted by atomic mass is 32.1. The zero-order chi connectivity index (χ0) is 26.5. The van der Waals surface area contributed by atoms with Gasteiger partial charge in [-0.05, 0) is 22.6 Å². The maximum absolute atomic E-state index is 14.8. The van der Waals surface area contributed by atoms with Gasteiger partial charge in [-0.25, -0.2) is 24.1 Å². The number of carbonyl (C=O) groups is 1. The summed E-state index contributed by atoms with van der Waals surface area (Å²) in [6.07, 6.45) is 2.98. The average Bonchev–Trinajstić information content (AvgIpc) is 3.54. The maximum atomic E-state index is 14.8. The maximum Gasteiger partial charge on any atom is 0.317 e. The van der Waals surface area contributed by atoms with Crippen LogP contribution in [-0.2, 0) is 6.54 Å². The minimum atomic E-state index is -0.599. The van der Waals surface area contributed by atoms with E-state index in [0.717, 1.165) is 27.4 Å². The molecule has 12 heteroatoms. The lowest BCUT2D eigenvalue weighted by atomic mass is 10.00. The number of nitrogens with zero attached hydrogens (tertiary/aromatic N) is 5. The fraction of sp³-hybridized carbons (Fsp3) is 0.269. The molecule has 1 aliphatic rings. The van der Waals surface area contributed by atoms with Crippen LogP contribution in [0, 0.1) is 23.1 Å². The number of aromatic nitrogens is 3. The summed E-state index contributed by atoms with van der Waals surface area (Å²) < 4.78 is 29.9. The van der Waals surface area contributed by atoms with Gasteiger partial charge >= 0.3 is 6.03 Å². The number of urea groups is 1. The number of anilines is 1. The van der Waals surface area contributed by atoms with Crippen molar-refractivity contribution in [3.8, 4) is 27.8 Å². The summed E-state index contributed by atoms with van der Waals surface area (Å²) in [5.74, 6) is -0.890. The van der Waals surface area contributed by atoms with Gasteiger partial charge in [-0.3, -0.25) is 0 Å². The molecule has 194 valence electrons. The van der Waals surface area contributed by atoms with Gasteiger partial charge in [0.05, 0.1) is 17.1 Å². The number of halogens is 2. The van der Waals surface area contributed by atoms with Crippen LogP contribution >= 0.6 is 11.3 Å². The Morgan fingerprint density at radius 3 is 2.87 bits per heavy atom. The molecule has 3 N–H and O–H groups in total. The molecule has 4 heterocycles. The number of hydrogen-bond acceptors (Lipinski definition) is 8. The highest BCUT2D eigenvalue weighted by Crippen LogP contribution is 2.40. The van der Waals surface area contributed by atoms with Gasteiger partial charge in [-0.2, -0.15) is 9.65 Å². The van der Waals surface area contributed by atoms with E-state index in [4.69, 9.17) is 5.26 Å². The highest BCUT2D eigenvalue weighted by Gasteiger charge is 2.19. The molecule has 1 aromatic carbocycles. The molecule has 1 fully saturated rings. The zero-order valence-electron chi connectivity index (χ0n) is 20.3. The molecule has 4 aromatic rings. The van der Waals surface area contributed by atoms with Crippen molar-refractivity contribution in [1.29, 1.82) is 5.26 Å². The standard InChI is InChI=1S/C26H24F2N8OS/c27-20-15-34-25(31-7-9-36-10-8-32-26(36)37)35-23(20)21-11-16-3-1-4-18(24(16)38-21)19-12-22(28)33-14-17(19)13-30-6-2-5-29/h1,3-4,11-12,14-15,30H,2,6-10,13H2,(H,32,37)(H,31,34,35). The lowest BCUT2D eigenvalue weighted by Crippen LogP contribution is -2.32. The summed E-state index contributed by atoms with van der Waals surface area (Å²) in [7, 11) is 0. The Hall–Kier alpha value is -4.21. The van der Waals surface area contributed by atoms with Gasteiger partial charge in [0, 0.05) is 68.2 Å². The van der Waals surface area contributed by atoms with Crippen LogP contribution in [0.2, 0.25) is 0 Å². The van der Waals surface area contributed by atoms with Gasteiger partial charge in [-0.1, -0.05) is 18.2 Å². The van der Waals surface area contributed by atoms with Gasteiger partial charge in [0.25, 0.3) is 0 Å². The van der Waals surface area contributed by atoms with Crippen molar-refractivity contribution in [3.63, 3.8) is 0 Å². The first kappa shape index (κ1) is 25.4. The third-order valence-electron chi connectivity index (χ3n) is 6.10. The molecule has 0 unspecified atom stereocenters. The van der Waals surface area contributed by atoms with Crippen molar-refractivity contribution in [2.45, 2.75) is 13.0 Å². The van der Waals surface area contributed by atoms with Crippen LogP contribution in [0.3, 0.4) is 0 Å². The van der Waals surface area contributed by atoms with Crippen molar-refractivity contribution in [2.75, 3.05) is 38.0 Å². The van der Waals surface area contributed by atoms with Gasteiger partial charge < -0.3 is 20.9 Å². The van der Waals surface area contributed by atoms with Crippen molar-refractivity contribution in [3.05, 3.63) is 60.1 Å². The topological polar surface area (TPSA) is 119 Å². The third-order valence-corrected chi connectivity index (χ3v) is 7.29. The monoisotopic (exact) mass is 534 g/mol. The molecule has 3 aromatic heterocycles. The van der Waals surface area contributed by atoms with Crippen LogP contribution in [0.25, 0.3) is 31.8 Å². The first-order chi connectivity index (χ1) is 18.5.